The zero-order valence-corrected chi connectivity index (χ0v) is 16.7. The van der Waals surface area contributed by atoms with E-state index in [0.717, 1.165) is 5.75 Å². The Labute approximate surface area is 163 Å². The molecule has 0 fully saturated rings. The topological polar surface area (TPSA) is 48.2 Å². The normalized spacial score (nSPS) is 12.8. The molecule has 0 radical (unpaired) electrons. The Balaban J connectivity index is 1.56. The van der Waals surface area contributed by atoms with Gasteiger partial charge in [-0.05, 0) is 47.7 Å². The first-order valence-electron chi connectivity index (χ1n) is 8.79. The third-order valence-corrected chi connectivity index (χ3v) is 4.97. The molecule has 0 bridgehead atoms. The molecule has 4 nitrogen and oxygen atoms in total. The van der Waals surface area contributed by atoms with Crippen LogP contribution in [0, 0.1) is 5.82 Å². The third-order valence-electron chi connectivity index (χ3n) is 4.08. The van der Waals surface area contributed by atoms with Crippen LogP contribution in [0.3, 0.4) is 0 Å². The van der Waals surface area contributed by atoms with Crippen LogP contribution >= 0.6 is 11.8 Å². The molecule has 1 atom stereocenters. The predicted octanol–water partition coefficient (Wildman–Crippen LogP) is 5.94. The van der Waals surface area contributed by atoms with E-state index in [9.17, 15) is 4.39 Å². The number of thioether (sulfide) groups is 1. The van der Waals surface area contributed by atoms with Crippen LogP contribution in [0.1, 0.15) is 50.8 Å². The van der Waals surface area contributed by atoms with Gasteiger partial charge in [-0.2, -0.15) is 0 Å². The molecule has 142 valence electrons. The van der Waals surface area contributed by atoms with Crippen LogP contribution in [-0.2, 0) is 11.2 Å². The van der Waals surface area contributed by atoms with Crippen LogP contribution in [-0.4, -0.2) is 10.2 Å². The first-order chi connectivity index (χ1) is 12.8. The third kappa shape index (κ3) is 5.32. The lowest BCUT2D eigenvalue weighted by Gasteiger charge is -2.19. The van der Waals surface area contributed by atoms with E-state index < -0.39 is 6.10 Å². The molecule has 6 heteroatoms. The molecular weight excluding hydrogens is 363 g/mol. The summed E-state index contributed by atoms with van der Waals surface area (Å²) in [5.41, 5.74) is 2.65. The lowest BCUT2D eigenvalue weighted by Crippen LogP contribution is -2.10. The lowest BCUT2D eigenvalue weighted by molar-refractivity contribution is 0.181. The largest absolute Gasteiger partial charge is 0.481 e. The molecule has 0 saturated carbocycles. The molecule has 0 spiro atoms. The second-order valence-corrected chi connectivity index (χ2v) is 8.28. The van der Waals surface area contributed by atoms with Gasteiger partial charge in [0.2, 0.25) is 0 Å². The number of ether oxygens (including phenoxy) is 1. The Hall–Kier alpha value is -2.34. The minimum Gasteiger partial charge on any atom is -0.481 e. The number of nitrogens with zero attached hydrogens (tertiary/aromatic N) is 2. The highest BCUT2D eigenvalue weighted by Crippen LogP contribution is 2.27. The summed E-state index contributed by atoms with van der Waals surface area (Å²) >= 11 is 1.49. The van der Waals surface area contributed by atoms with E-state index in [1.54, 1.807) is 12.1 Å². The summed E-state index contributed by atoms with van der Waals surface area (Å²) in [7, 11) is 0. The fraction of sp³-hybridized carbons (Fsp3) is 0.333. The van der Waals surface area contributed by atoms with Crippen molar-refractivity contribution in [2.45, 2.75) is 50.2 Å². The van der Waals surface area contributed by atoms with Crippen molar-refractivity contribution in [1.29, 1.82) is 0 Å². The molecule has 3 rings (SSSR count). The average molecular weight is 386 g/mol. The summed E-state index contributed by atoms with van der Waals surface area (Å²) in [6, 6.07) is 14.4. The second-order valence-electron chi connectivity index (χ2n) is 7.36. The Kier molecular flexibility index (Phi) is 5.85. The van der Waals surface area contributed by atoms with E-state index in [-0.39, 0.29) is 11.2 Å². The minimum absolute atomic E-state index is 0.147. The Bertz CT molecular complexity index is 870. The van der Waals surface area contributed by atoms with Gasteiger partial charge in [-0.3, -0.25) is 0 Å². The van der Waals surface area contributed by atoms with Crippen molar-refractivity contribution < 1.29 is 13.5 Å². The van der Waals surface area contributed by atoms with Crippen LogP contribution in [0.25, 0.3) is 0 Å². The van der Waals surface area contributed by atoms with Gasteiger partial charge >= 0.3 is 0 Å². The van der Waals surface area contributed by atoms with E-state index in [1.165, 1.54) is 35.0 Å². The quantitative estimate of drug-likeness (QED) is 0.491. The highest BCUT2D eigenvalue weighted by Gasteiger charge is 2.17. The van der Waals surface area contributed by atoms with Crippen molar-refractivity contribution >= 4 is 11.8 Å². The first-order valence-corrected chi connectivity index (χ1v) is 9.77. The van der Waals surface area contributed by atoms with Crippen LogP contribution in [0.4, 0.5) is 4.39 Å². The monoisotopic (exact) mass is 386 g/mol. The van der Waals surface area contributed by atoms with Crippen molar-refractivity contribution in [3.05, 3.63) is 71.4 Å². The fourth-order valence-electron chi connectivity index (χ4n) is 2.46. The molecule has 0 saturated heterocycles. The van der Waals surface area contributed by atoms with Gasteiger partial charge in [0.15, 0.2) is 6.10 Å². The minimum atomic E-state index is -0.414. The van der Waals surface area contributed by atoms with Crippen LogP contribution in [0.5, 0.6) is 5.75 Å². The fourth-order valence-corrected chi connectivity index (χ4v) is 3.18. The number of hydrogen-bond acceptors (Lipinski definition) is 5. The maximum Gasteiger partial charge on any atom is 0.277 e. The van der Waals surface area contributed by atoms with Crippen molar-refractivity contribution in [3.63, 3.8) is 0 Å². The van der Waals surface area contributed by atoms with Gasteiger partial charge in [0.25, 0.3) is 11.1 Å². The number of hydrogen-bond donors (Lipinski definition) is 0. The van der Waals surface area contributed by atoms with Crippen molar-refractivity contribution in [3.8, 4) is 5.75 Å². The molecule has 3 aromatic rings. The zero-order valence-electron chi connectivity index (χ0n) is 15.9. The summed E-state index contributed by atoms with van der Waals surface area (Å²) in [6.07, 6.45) is -0.414. The van der Waals surface area contributed by atoms with Gasteiger partial charge in [-0.15, -0.1) is 10.2 Å². The highest BCUT2D eigenvalue weighted by molar-refractivity contribution is 7.98. The van der Waals surface area contributed by atoms with Gasteiger partial charge < -0.3 is 9.15 Å². The molecule has 1 heterocycles. The number of aromatic nitrogens is 2. The average Bonchev–Trinajstić information content (AvgIpc) is 3.11. The summed E-state index contributed by atoms with van der Waals surface area (Å²) in [4.78, 5) is 0. The van der Waals surface area contributed by atoms with Crippen molar-refractivity contribution in [2.75, 3.05) is 0 Å². The Morgan fingerprint density at radius 1 is 1.04 bits per heavy atom. The molecule has 0 N–H and O–H groups in total. The molecule has 27 heavy (non-hydrogen) atoms. The zero-order chi connectivity index (χ0) is 19.4. The first kappa shape index (κ1) is 19.4. The van der Waals surface area contributed by atoms with Gasteiger partial charge in [0.1, 0.15) is 11.6 Å². The van der Waals surface area contributed by atoms with Gasteiger partial charge in [0.05, 0.1) is 0 Å². The highest BCUT2D eigenvalue weighted by atomic mass is 32.2. The van der Waals surface area contributed by atoms with Crippen LogP contribution in [0.15, 0.2) is 58.2 Å². The number of halogens is 1. The molecule has 2 aromatic carbocycles. The molecular formula is C21H23FN2O2S. The molecule has 0 unspecified atom stereocenters. The van der Waals surface area contributed by atoms with E-state index in [0.29, 0.717) is 16.9 Å². The van der Waals surface area contributed by atoms with E-state index in [4.69, 9.17) is 9.15 Å². The van der Waals surface area contributed by atoms with E-state index in [2.05, 4.69) is 55.2 Å². The Morgan fingerprint density at radius 3 is 2.33 bits per heavy atom. The number of rotatable bonds is 6. The van der Waals surface area contributed by atoms with Crippen molar-refractivity contribution in [2.24, 2.45) is 0 Å². The standard InChI is InChI=1S/C21H23FN2O2S/c1-14(25-18-11-9-17(22)10-12-18)19-23-24-20(26-19)27-13-15-5-7-16(8-6-15)21(2,3)4/h5-12,14H,13H2,1-4H3/t14-/m1/s1. The molecule has 0 aliphatic heterocycles. The molecule has 0 aliphatic rings. The maximum atomic E-state index is 13.0. The predicted molar refractivity (Wildman–Crippen MR) is 104 cm³/mol. The van der Waals surface area contributed by atoms with Gasteiger partial charge in [0, 0.05) is 5.75 Å². The number of benzene rings is 2. The molecule has 1 aromatic heterocycles. The van der Waals surface area contributed by atoms with Crippen LogP contribution < -0.4 is 4.74 Å². The van der Waals surface area contributed by atoms with Gasteiger partial charge in [-0.1, -0.05) is 56.8 Å². The summed E-state index contributed by atoms with van der Waals surface area (Å²) in [5.74, 6) is 1.39. The maximum absolute atomic E-state index is 13.0. The smallest absolute Gasteiger partial charge is 0.277 e. The summed E-state index contributed by atoms with van der Waals surface area (Å²) < 4.78 is 24.3. The van der Waals surface area contributed by atoms with Crippen LogP contribution in [0.2, 0.25) is 0 Å². The summed E-state index contributed by atoms with van der Waals surface area (Å²) in [6.45, 7) is 8.42. The molecule has 0 amide bonds. The van der Waals surface area contributed by atoms with Crippen molar-refractivity contribution in [1.82, 2.24) is 10.2 Å². The second kappa shape index (κ2) is 8.13. The SMILES string of the molecule is C[C@@H](Oc1ccc(F)cc1)c1nnc(SCc2ccc(C(C)(C)C)cc2)o1. The lowest BCUT2D eigenvalue weighted by atomic mass is 9.87. The van der Waals surface area contributed by atoms with E-state index in [1.807, 2.05) is 6.92 Å². The van der Waals surface area contributed by atoms with Gasteiger partial charge in [-0.25, -0.2) is 4.39 Å². The Morgan fingerprint density at radius 2 is 1.70 bits per heavy atom. The summed E-state index contributed by atoms with van der Waals surface area (Å²) in [5, 5.41) is 8.62. The van der Waals surface area contributed by atoms with E-state index >= 15 is 0 Å². The molecule has 0 aliphatic carbocycles.